The van der Waals surface area contributed by atoms with Crippen molar-refractivity contribution in [2.45, 2.75) is 46.1 Å². The zero-order chi connectivity index (χ0) is 10.9. The Kier molecular flexibility index (Phi) is 3.07. The van der Waals surface area contributed by atoms with Crippen LogP contribution in [0.15, 0.2) is 0 Å². The van der Waals surface area contributed by atoms with Gasteiger partial charge in [-0.05, 0) is 44.4 Å². The van der Waals surface area contributed by atoms with Crippen LogP contribution in [-0.4, -0.2) is 11.7 Å². The summed E-state index contributed by atoms with van der Waals surface area (Å²) in [6.45, 7) is 8.23. The van der Waals surface area contributed by atoms with Crippen LogP contribution in [-0.2, 0) is 4.74 Å². The molecule has 1 aliphatic carbocycles. The molecule has 1 rings (SSSR count). The third-order valence-corrected chi connectivity index (χ3v) is 3.61. The van der Waals surface area contributed by atoms with Gasteiger partial charge in [0, 0.05) is 0 Å². The Bertz CT molecular complexity index is 221. The van der Waals surface area contributed by atoms with Crippen molar-refractivity contribution in [2.24, 2.45) is 23.5 Å². The number of hydrogen-bond acceptors (Lipinski definition) is 2. The predicted molar refractivity (Wildman–Crippen MR) is 55.8 cm³/mol. The Morgan fingerprint density at radius 3 is 2.29 bits per heavy atom. The summed E-state index contributed by atoms with van der Waals surface area (Å²) in [5.74, 6) is 1.77. The first-order chi connectivity index (χ1) is 6.34. The number of amides is 1. The number of primary amides is 1. The summed E-state index contributed by atoms with van der Waals surface area (Å²) in [6, 6.07) is 0. The van der Waals surface area contributed by atoms with E-state index in [1.807, 2.05) is 13.8 Å². The topological polar surface area (TPSA) is 52.3 Å². The minimum absolute atomic E-state index is 0.350. The molecule has 0 spiro atoms. The third-order valence-electron chi connectivity index (χ3n) is 3.61. The molecule has 0 saturated heterocycles. The first-order valence-electron chi connectivity index (χ1n) is 5.33. The fourth-order valence-corrected chi connectivity index (χ4v) is 2.02. The lowest BCUT2D eigenvalue weighted by molar-refractivity contribution is -0.0167. The van der Waals surface area contributed by atoms with Gasteiger partial charge in [-0.1, -0.05) is 13.8 Å². The minimum Gasteiger partial charge on any atom is -0.443 e. The van der Waals surface area contributed by atoms with Crippen LogP contribution in [0.25, 0.3) is 0 Å². The number of nitrogens with two attached hydrogens (primary N) is 1. The lowest BCUT2D eigenvalue weighted by atomic mass is 9.80. The molecule has 3 heteroatoms. The molecule has 1 fully saturated rings. The van der Waals surface area contributed by atoms with Gasteiger partial charge >= 0.3 is 6.09 Å². The van der Waals surface area contributed by atoms with Crippen molar-refractivity contribution in [3.05, 3.63) is 0 Å². The van der Waals surface area contributed by atoms with Crippen LogP contribution in [0.4, 0.5) is 4.79 Å². The predicted octanol–water partition coefficient (Wildman–Crippen LogP) is 2.54. The molecule has 1 amide bonds. The number of rotatable bonds is 4. The van der Waals surface area contributed by atoms with Crippen molar-refractivity contribution in [1.82, 2.24) is 0 Å². The van der Waals surface area contributed by atoms with Gasteiger partial charge in [-0.15, -0.1) is 0 Å². The van der Waals surface area contributed by atoms with E-state index in [9.17, 15) is 4.79 Å². The Balaban J connectivity index is 2.55. The maximum Gasteiger partial charge on any atom is 0.405 e. The highest BCUT2D eigenvalue weighted by Gasteiger charge is 2.39. The second-order valence-corrected chi connectivity index (χ2v) is 5.01. The standard InChI is InChI=1S/C11H21NO2/c1-7(9-5-6-9)8(2)11(3,4)14-10(12)13/h7-9H,5-6H2,1-4H3,(H2,12,13). The van der Waals surface area contributed by atoms with Gasteiger partial charge in [0.05, 0.1) is 0 Å². The van der Waals surface area contributed by atoms with Crippen LogP contribution < -0.4 is 5.73 Å². The molecule has 0 bridgehead atoms. The van der Waals surface area contributed by atoms with E-state index in [1.165, 1.54) is 12.8 Å². The van der Waals surface area contributed by atoms with Gasteiger partial charge in [0.1, 0.15) is 5.60 Å². The van der Waals surface area contributed by atoms with Crippen LogP contribution >= 0.6 is 0 Å². The molecule has 82 valence electrons. The highest BCUT2D eigenvalue weighted by Crippen LogP contribution is 2.43. The largest absolute Gasteiger partial charge is 0.443 e. The normalized spacial score (nSPS) is 21.4. The number of hydrogen-bond donors (Lipinski definition) is 1. The smallest absolute Gasteiger partial charge is 0.405 e. The van der Waals surface area contributed by atoms with Gasteiger partial charge in [0.25, 0.3) is 0 Å². The first-order valence-corrected chi connectivity index (χ1v) is 5.33. The van der Waals surface area contributed by atoms with Crippen molar-refractivity contribution >= 4 is 6.09 Å². The number of carbonyl (C=O) groups excluding carboxylic acids is 1. The molecule has 0 aromatic carbocycles. The van der Waals surface area contributed by atoms with Crippen molar-refractivity contribution < 1.29 is 9.53 Å². The summed E-state index contributed by atoms with van der Waals surface area (Å²) in [5, 5.41) is 0. The van der Waals surface area contributed by atoms with Crippen LogP contribution in [0.1, 0.15) is 40.5 Å². The Hall–Kier alpha value is -0.730. The fourth-order valence-electron chi connectivity index (χ4n) is 2.02. The fraction of sp³-hybridized carbons (Fsp3) is 0.909. The molecule has 2 atom stereocenters. The molecule has 0 heterocycles. The molecule has 14 heavy (non-hydrogen) atoms. The van der Waals surface area contributed by atoms with E-state index in [1.54, 1.807) is 0 Å². The quantitative estimate of drug-likeness (QED) is 0.756. The van der Waals surface area contributed by atoms with Gasteiger partial charge in [-0.25, -0.2) is 4.79 Å². The zero-order valence-electron chi connectivity index (χ0n) is 9.54. The van der Waals surface area contributed by atoms with Crippen molar-refractivity contribution in [3.63, 3.8) is 0 Å². The summed E-state index contributed by atoms with van der Waals surface area (Å²) >= 11 is 0. The SMILES string of the molecule is CC(C1CC1)C(C)C(C)(C)OC(N)=O. The van der Waals surface area contributed by atoms with Gasteiger partial charge < -0.3 is 10.5 Å². The summed E-state index contributed by atoms with van der Waals surface area (Å²) in [7, 11) is 0. The minimum atomic E-state index is -0.676. The van der Waals surface area contributed by atoms with E-state index in [0.29, 0.717) is 11.8 Å². The molecule has 2 unspecified atom stereocenters. The van der Waals surface area contributed by atoms with Gasteiger partial charge in [-0.2, -0.15) is 0 Å². The second kappa shape index (κ2) is 3.79. The van der Waals surface area contributed by atoms with E-state index in [2.05, 4.69) is 13.8 Å². The van der Waals surface area contributed by atoms with Crippen LogP contribution in [0.2, 0.25) is 0 Å². The Morgan fingerprint density at radius 1 is 1.43 bits per heavy atom. The van der Waals surface area contributed by atoms with E-state index in [-0.39, 0.29) is 0 Å². The van der Waals surface area contributed by atoms with Gasteiger partial charge in [0.15, 0.2) is 0 Å². The van der Waals surface area contributed by atoms with Crippen LogP contribution in [0.3, 0.4) is 0 Å². The summed E-state index contributed by atoms with van der Waals surface area (Å²) in [5.41, 5.74) is 4.60. The van der Waals surface area contributed by atoms with E-state index in [0.717, 1.165) is 5.92 Å². The molecular weight excluding hydrogens is 178 g/mol. The van der Waals surface area contributed by atoms with Crippen molar-refractivity contribution in [2.75, 3.05) is 0 Å². The highest BCUT2D eigenvalue weighted by atomic mass is 16.6. The summed E-state index contributed by atoms with van der Waals surface area (Å²) in [6.07, 6.45) is 1.96. The number of ether oxygens (including phenoxy) is 1. The molecular formula is C11H21NO2. The Labute approximate surface area is 86.0 Å². The van der Waals surface area contributed by atoms with E-state index in [4.69, 9.17) is 10.5 Å². The summed E-state index contributed by atoms with van der Waals surface area (Å²) < 4.78 is 5.14. The monoisotopic (exact) mass is 199 g/mol. The molecule has 3 nitrogen and oxygen atoms in total. The lowest BCUT2D eigenvalue weighted by Gasteiger charge is -2.34. The molecule has 1 aliphatic rings. The van der Waals surface area contributed by atoms with Crippen LogP contribution in [0, 0.1) is 17.8 Å². The van der Waals surface area contributed by atoms with Gasteiger partial charge in [0.2, 0.25) is 0 Å². The van der Waals surface area contributed by atoms with Crippen LogP contribution in [0.5, 0.6) is 0 Å². The third kappa shape index (κ3) is 2.63. The Morgan fingerprint density at radius 2 is 1.93 bits per heavy atom. The lowest BCUT2D eigenvalue weighted by Crippen LogP contribution is -2.40. The zero-order valence-corrected chi connectivity index (χ0v) is 9.54. The molecule has 1 saturated carbocycles. The molecule has 0 radical (unpaired) electrons. The molecule has 2 N–H and O–H groups in total. The van der Waals surface area contributed by atoms with Crippen molar-refractivity contribution in [3.8, 4) is 0 Å². The van der Waals surface area contributed by atoms with E-state index < -0.39 is 11.7 Å². The van der Waals surface area contributed by atoms with Gasteiger partial charge in [-0.3, -0.25) is 0 Å². The maximum atomic E-state index is 10.7. The maximum absolute atomic E-state index is 10.7. The molecule has 0 aliphatic heterocycles. The molecule has 0 aromatic heterocycles. The number of carbonyl (C=O) groups is 1. The summed E-state index contributed by atoms with van der Waals surface area (Å²) in [4.78, 5) is 10.7. The van der Waals surface area contributed by atoms with E-state index >= 15 is 0 Å². The van der Waals surface area contributed by atoms with Crippen molar-refractivity contribution in [1.29, 1.82) is 0 Å². The molecule has 0 aromatic rings. The second-order valence-electron chi connectivity index (χ2n) is 5.01. The first kappa shape index (κ1) is 11.3. The average Bonchev–Trinajstić information content (AvgIpc) is 2.81. The highest BCUT2D eigenvalue weighted by molar-refractivity contribution is 5.65. The average molecular weight is 199 g/mol.